The fourth-order valence-electron chi connectivity index (χ4n) is 3.10. The van der Waals surface area contributed by atoms with Crippen LogP contribution in [0.1, 0.15) is 63.0 Å². The molecule has 0 fully saturated rings. The van der Waals surface area contributed by atoms with Gasteiger partial charge in [-0.05, 0) is 24.0 Å². The van der Waals surface area contributed by atoms with Crippen LogP contribution in [0.4, 0.5) is 0 Å². The van der Waals surface area contributed by atoms with Gasteiger partial charge in [0.05, 0.1) is 0 Å². The average molecular weight is 323 g/mol. The maximum absolute atomic E-state index is 12.6. The van der Waals surface area contributed by atoms with E-state index in [-0.39, 0.29) is 11.8 Å². The van der Waals surface area contributed by atoms with Crippen molar-refractivity contribution in [1.82, 2.24) is 5.32 Å². The summed E-state index contributed by atoms with van der Waals surface area (Å²) in [5.41, 5.74) is 2.39. The highest BCUT2D eigenvalue weighted by Crippen LogP contribution is 2.27. The summed E-state index contributed by atoms with van der Waals surface area (Å²) in [4.78, 5) is 12.6. The molecule has 0 radical (unpaired) electrons. The summed E-state index contributed by atoms with van der Waals surface area (Å²) in [6.45, 7) is 4.34. The van der Waals surface area contributed by atoms with E-state index in [1.807, 2.05) is 36.4 Å². The lowest BCUT2D eigenvalue weighted by atomic mass is 9.88. The van der Waals surface area contributed by atoms with Crippen molar-refractivity contribution in [2.24, 2.45) is 0 Å². The zero-order valence-corrected chi connectivity index (χ0v) is 14.9. The number of rotatable bonds is 9. The van der Waals surface area contributed by atoms with Crippen LogP contribution in [0.15, 0.2) is 60.7 Å². The second-order valence-electron chi connectivity index (χ2n) is 6.39. The van der Waals surface area contributed by atoms with E-state index in [0.717, 1.165) is 12.8 Å². The molecule has 24 heavy (non-hydrogen) atoms. The van der Waals surface area contributed by atoms with E-state index >= 15 is 0 Å². The SMILES string of the molecule is CCCCC(CC)NC(=O)CC(c1ccccc1)c1ccccc1. The molecule has 1 amide bonds. The molecule has 128 valence electrons. The number of carbonyl (C=O) groups is 1. The summed E-state index contributed by atoms with van der Waals surface area (Å²) in [6.07, 6.45) is 4.90. The number of hydrogen-bond donors (Lipinski definition) is 1. The minimum atomic E-state index is 0.107. The molecule has 0 aliphatic carbocycles. The van der Waals surface area contributed by atoms with Crippen LogP contribution in [0, 0.1) is 0 Å². The predicted octanol–water partition coefficient (Wildman–Crippen LogP) is 5.29. The highest BCUT2D eigenvalue weighted by Gasteiger charge is 2.19. The van der Waals surface area contributed by atoms with E-state index in [1.54, 1.807) is 0 Å². The summed E-state index contributed by atoms with van der Waals surface area (Å²) in [7, 11) is 0. The van der Waals surface area contributed by atoms with Gasteiger partial charge in [-0.25, -0.2) is 0 Å². The van der Waals surface area contributed by atoms with Crippen LogP contribution in [-0.2, 0) is 4.79 Å². The molecule has 2 rings (SSSR count). The van der Waals surface area contributed by atoms with Gasteiger partial charge in [-0.1, -0.05) is 87.4 Å². The summed E-state index contributed by atoms with van der Waals surface area (Å²) >= 11 is 0. The quantitative estimate of drug-likeness (QED) is 0.667. The van der Waals surface area contributed by atoms with Crippen LogP contribution in [0.2, 0.25) is 0 Å². The molecule has 2 aromatic carbocycles. The van der Waals surface area contributed by atoms with Crippen LogP contribution in [0.5, 0.6) is 0 Å². The van der Waals surface area contributed by atoms with Gasteiger partial charge in [0.25, 0.3) is 0 Å². The van der Waals surface area contributed by atoms with Crippen LogP contribution >= 0.6 is 0 Å². The zero-order valence-electron chi connectivity index (χ0n) is 14.9. The van der Waals surface area contributed by atoms with Crippen molar-refractivity contribution >= 4 is 5.91 Å². The van der Waals surface area contributed by atoms with Gasteiger partial charge < -0.3 is 5.32 Å². The number of amides is 1. The summed E-state index contributed by atoms with van der Waals surface area (Å²) in [5.74, 6) is 0.256. The first kappa shape index (κ1) is 18.3. The molecule has 2 heteroatoms. The van der Waals surface area contributed by atoms with Crippen molar-refractivity contribution in [1.29, 1.82) is 0 Å². The number of carbonyl (C=O) groups excluding carboxylic acids is 1. The molecular formula is C22H29NO. The molecule has 0 aliphatic heterocycles. The fourth-order valence-corrected chi connectivity index (χ4v) is 3.10. The molecule has 0 saturated carbocycles. The molecule has 0 bridgehead atoms. The molecule has 1 atom stereocenters. The first-order chi connectivity index (χ1) is 11.7. The normalized spacial score (nSPS) is 12.1. The smallest absolute Gasteiger partial charge is 0.221 e. The Hall–Kier alpha value is -2.09. The largest absolute Gasteiger partial charge is 0.353 e. The van der Waals surface area contributed by atoms with Crippen molar-refractivity contribution in [3.05, 3.63) is 71.8 Å². The maximum Gasteiger partial charge on any atom is 0.221 e. The number of unbranched alkanes of at least 4 members (excludes halogenated alkanes) is 1. The lowest BCUT2D eigenvalue weighted by molar-refractivity contribution is -0.122. The second kappa shape index (κ2) is 9.92. The number of nitrogens with one attached hydrogen (secondary N) is 1. The van der Waals surface area contributed by atoms with E-state index in [9.17, 15) is 4.79 Å². The summed E-state index contributed by atoms with van der Waals surface area (Å²) < 4.78 is 0. The van der Waals surface area contributed by atoms with Gasteiger partial charge in [0, 0.05) is 18.4 Å². The van der Waals surface area contributed by atoms with Crippen molar-refractivity contribution in [3.63, 3.8) is 0 Å². The first-order valence-corrected chi connectivity index (χ1v) is 9.13. The lowest BCUT2D eigenvalue weighted by Crippen LogP contribution is -2.35. The van der Waals surface area contributed by atoms with Gasteiger partial charge >= 0.3 is 0 Å². The van der Waals surface area contributed by atoms with Gasteiger partial charge in [0.1, 0.15) is 0 Å². The van der Waals surface area contributed by atoms with Gasteiger partial charge in [0.2, 0.25) is 5.91 Å². The Kier molecular flexibility index (Phi) is 7.54. The van der Waals surface area contributed by atoms with Crippen LogP contribution in [0.3, 0.4) is 0 Å². The van der Waals surface area contributed by atoms with Crippen LogP contribution in [-0.4, -0.2) is 11.9 Å². The average Bonchev–Trinajstić information content (AvgIpc) is 2.64. The molecule has 0 saturated heterocycles. The highest BCUT2D eigenvalue weighted by atomic mass is 16.1. The molecule has 0 aliphatic rings. The van der Waals surface area contributed by atoms with Crippen molar-refractivity contribution in [3.8, 4) is 0 Å². The lowest BCUT2D eigenvalue weighted by Gasteiger charge is -2.21. The third kappa shape index (κ3) is 5.52. The van der Waals surface area contributed by atoms with Crippen molar-refractivity contribution in [2.45, 2.75) is 57.9 Å². The molecule has 1 N–H and O–H groups in total. The standard InChI is InChI=1S/C22H29NO/c1-3-5-16-20(4-2)23-22(24)17-21(18-12-8-6-9-13-18)19-14-10-7-11-15-19/h6-15,20-21H,3-5,16-17H2,1-2H3,(H,23,24). The van der Waals surface area contributed by atoms with E-state index in [1.165, 1.54) is 24.0 Å². The highest BCUT2D eigenvalue weighted by molar-refractivity contribution is 5.77. The predicted molar refractivity (Wildman–Crippen MR) is 101 cm³/mol. The Labute approximate surface area is 146 Å². The molecule has 2 aromatic rings. The minimum Gasteiger partial charge on any atom is -0.353 e. The van der Waals surface area contributed by atoms with E-state index in [0.29, 0.717) is 12.5 Å². The molecule has 0 aromatic heterocycles. The Balaban J connectivity index is 2.10. The van der Waals surface area contributed by atoms with E-state index in [2.05, 4.69) is 43.4 Å². The molecule has 0 spiro atoms. The minimum absolute atomic E-state index is 0.107. The fraction of sp³-hybridized carbons (Fsp3) is 0.409. The molecule has 2 nitrogen and oxygen atoms in total. The number of hydrogen-bond acceptors (Lipinski definition) is 1. The Morgan fingerprint density at radius 1 is 0.917 bits per heavy atom. The van der Waals surface area contributed by atoms with Crippen molar-refractivity contribution in [2.75, 3.05) is 0 Å². The van der Waals surface area contributed by atoms with Gasteiger partial charge in [-0.2, -0.15) is 0 Å². The van der Waals surface area contributed by atoms with Crippen LogP contribution in [0.25, 0.3) is 0 Å². The first-order valence-electron chi connectivity index (χ1n) is 9.13. The van der Waals surface area contributed by atoms with E-state index < -0.39 is 0 Å². The van der Waals surface area contributed by atoms with Crippen LogP contribution < -0.4 is 5.32 Å². The van der Waals surface area contributed by atoms with Gasteiger partial charge in [0.15, 0.2) is 0 Å². The Bertz CT molecular complexity index is 554. The van der Waals surface area contributed by atoms with E-state index in [4.69, 9.17) is 0 Å². The second-order valence-corrected chi connectivity index (χ2v) is 6.39. The number of benzene rings is 2. The summed E-state index contributed by atoms with van der Waals surface area (Å²) in [5, 5.41) is 3.23. The van der Waals surface area contributed by atoms with Crippen molar-refractivity contribution < 1.29 is 4.79 Å². The third-order valence-corrected chi connectivity index (χ3v) is 4.56. The maximum atomic E-state index is 12.6. The van der Waals surface area contributed by atoms with Gasteiger partial charge in [-0.3, -0.25) is 4.79 Å². The Morgan fingerprint density at radius 3 is 1.92 bits per heavy atom. The van der Waals surface area contributed by atoms with Gasteiger partial charge in [-0.15, -0.1) is 0 Å². The topological polar surface area (TPSA) is 29.1 Å². The Morgan fingerprint density at radius 2 is 1.46 bits per heavy atom. The third-order valence-electron chi connectivity index (χ3n) is 4.56. The monoisotopic (exact) mass is 323 g/mol. The zero-order chi connectivity index (χ0) is 17.2. The molecule has 1 unspecified atom stereocenters. The summed E-state index contributed by atoms with van der Waals surface area (Å²) in [6, 6.07) is 20.9. The molecular weight excluding hydrogens is 294 g/mol. The molecule has 0 heterocycles.